The highest BCUT2D eigenvalue weighted by Gasteiger charge is 1.94. The lowest BCUT2D eigenvalue weighted by molar-refractivity contribution is 1.64. The van der Waals surface area contributed by atoms with Gasteiger partial charge >= 0.3 is 0 Å². The van der Waals surface area contributed by atoms with Gasteiger partial charge in [-0.25, -0.2) is 0 Å². The van der Waals surface area contributed by atoms with E-state index >= 15 is 0 Å². The molecule has 0 spiro atoms. The van der Waals surface area contributed by atoms with E-state index in [1.165, 1.54) is 0 Å². The molecule has 3 heteroatoms. The highest BCUT2D eigenvalue weighted by molar-refractivity contribution is 14.1. The molecule has 0 nitrogen and oxygen atoms in total. The van der Waals surface area contributed by atoms with Crippen molar-refractivity contribution in [3.63, 3.8) is 0 Å². The molecule has 0 unspecified atom stereocenters. The third-order valence-electron chi connectivity index (χ3n) is 0.882. The second-order valence-corrected chi connectivity index (χ2v) is 3.56. The maximum atomic E-state index is 5.72. The lowest BCUT2D eigenvalue weighted by Gasteiger charge is -1.93. The van der Waals surface area contributed by atoms with E-state index in [2.05, 4.69) is 22.6 Å². The first kappa shape index (κ1) is 7.63. The fourth-order valence-corrected chi connectivity index (χ4v) is 1.21. The first-order chi connectivity index (χ1) is 4.20. The summed E-state index contributed by atoms with van der Waals surface area (Å²) in [6.07, 6.45) is 0. The van der Waals surface area contributed by atoms with Crippen LogP contribution in [0.5, 0.6) is 0 Å². The molecule has 0 saturated carbocycles. The average molecular weight is 273 g/mol. The fraction of sp³-hybridized carbons (Fsp3) is 0. The zero-order valence-electron chi connectivity index (χ0n) is 4.37. The molecule has 0 aliphatic carbocycles. The molecule has 0 saturated heterocycles. The summed E-state index contributed by atoms with van der Waals surface area (Å²) >= 11 is 13.5. The van der Waals surface area contributed by atoms with Crippen molar-refractivity contribution in [1.82, 2.24) is 0 Å². The fourth-order valence-electron chi connectivity index (χ4n) is 0.470. The van der Waals surface area contributed by atoms with E-state index in [1.807, 2.05) is 12.1 Å². The topological polar surface area (TPSA) is 0 Å². The molecule has 0 radical (unpaired) electrons. The number of hydrogen-bond donors (Lipinski definition) is 0. The van der Waals surface area contributed by atoms with Gasteiger partial charge in [0, 0.05) is 8.59 Å². The van der Waals surface area contributed by atoms with Gasteiger partial charge in [-0.15, -0.1) is 0 Å². The van der Waals surface area contributed by atoms with Crippen LogP contribution >= 0.6 is 45.8 Å². The SMILES string of the molecule is Clc1ccc(I)c(Cl)c1. The lowest BCUT2D eigenvalue weighted by Crippen LogP contribution is -1.71. The molecule has 0 aliphatic rings. The molecule has 0 aromatic heterocycles. The second-order valence-electron chi connectivity index (χ2n) is 1.56. The Balaban J connectivity index is 3.17. The minimum Gasteiger partial charge on any atom is -0.0843 e. The molecule has 0 atom stereocenters. The zero-order valence-corrected chi connectivity index (χ0v) is 8.04. The minimum atomic E-state index is 0.681. The van der Waals surface area contributed by atoms with Crippen molar-refractivity contribution in [2.24, 2.45) is 0 Å². The van der Waals surface area contributed by atoms with E-state index in [0.29, 0.717) is 10.0 Å². The van der Waals surface area contributed by atoms with Crippen LogP contribution in [0.1, 0.15) is 0 Å². The predicted molar refractivity (Wildman–Crippen MR) is 49.2 cm³/mol. The predicted octanol–water partition coefficient (Wildman–Crippen LogP) is 3.60. The summed E-state index contributed by atoms with van der Waals surface area (Å²) in [7, 11) is 0. The van der Waals surface area contributed by atoms with Crippen LogP contribution < -0.4 is 0 Å². The lowest BCUT2D eigenvalue weighted by atomic mass is 10.4. The van der Waals surface area contributed by atoms with Gasteiger partial charge in [-0.05, 0) is 40.8 Å². The van der Waals surface area contributed by atoms with Crippen LogP contribution in [0, 0.1) is 3.57 Å². The maximum Gasteiger partial charge on any atom is 0.0554 e. The van der Waals surface area contributed by atoms with Gasteiger partial charge < -0.3 is 0 Å². The summed E-state index contributed by atoms with van der Waals surface area (Å²) in [5.41, 5.74) is 0. The average Bonchev–Trinajstić information content (AvgIpc) is 1.80. The standard InChI is InChI=1S/C6H3Cl2I/c7-4-1-2-6(9)5(8)3-4/h1-3H. The Labute approximate surface area is 77.3 Å². The Morgan fingerprint density at radius 3 is 2.33 bits per heavy atom. The van der Waals surface area contributed by atoms with E-state index in [9.17, 15) is 0 Å². The summed E-state index contributed by atoms with van der Waals surface area (Å²) < 4.78 is 1.03. The van der Waals surface area contributed by atoms with E-state index in [1.54, 1.807) is 6.07 Å². The molecule has 0 fully saturated rings. The van der Waals surface area contributed by atoms with Gasteiger partial charge in [0.15, 0.2) is 0 Å². The van der Waals surface area contributed by atoms with Crippen LogP contribution in [0.4, 0.5) is 0 Å². The largest absolute Gasteiger partial charge is 0.0843 e. The van der Waals surface area contributed by atoms with Crippen molar-refractivity contribution in [3.8, 4) is 0 Å². The van der Waals surface area contributed by atoms with Gasteiger partial charge in [-0.1, -0.05) is 23.2 Å². The molecule has 1 aromatic carbocycles. The van der Waals surface area contributed by atoms with Crippen LogP contribution in [0.3, 0.4) is 0 Å². The van der Waals surface area contributed by atoms with Crippen LogP contribution in [0.25, 0.3) is 0 Å². The van der Waals surface area contributed by atoms with Crippen molar-refractivity contribution < 1.29 is 0 Å². The van der Waals surface area contributed by atoms with E-state index in [-0.39, 0.29) is 0 Å². The third kappa shape index (κ3) is 1.99. The Hall–Kier alpha value is 0.530. The molecular formula is C6H3Cl2I. The summed E-state index contributed by atoms with van der Waals surface area (Å²) in [5.74, 6) is 0. The highest BCUT2D eigenvalue weighted by atomic mass is 127. The number of hydrogen-bond acceptors (Lipinski definition) is 0. The van der Waals surface area contributed by atoms with Gasteiger partial charge in [0.05, 0.1) is 5.02 Å². The smallest absolute Gasteiger partial charge is 0.0554 e. The molecule has 0 N–H and O–H groups in total. The van der Waals surface area contributed by atoms with Gasteiger partial charge in [-0.3, -0.25) is 0 Å². The maximum absolute atomic E-state index is 5.72. The summed E-state index contributed by atoms with van der Waals surface area (Å²) in [6.45, 7) is 0. The van der Waals surface area contributed by atoms with Crippen molar-refractivity contribution in [1.29, 1.82) is 0 Å². The van der Waals surface area contributed by atoms with Gasteiger partial charge in [0.1, 0.15) is 0 Å². The van der Waals surface area contributed by atoms with E-state index < -0.39 is 0 Å². The normalized spacial score (nSPS) is 9.67. The minimum absolute atomic E-state index is 0.681. The molecular weight excluding hydrogens is 270 g/mol. The van der Waals surface area contributed by atoms with E-state index in [4.69, 9.17) is 23.2 Å². The molecule has 0 heterocycles. The molecule has 0 amide bonds. The molecule has 0 aliphatic heterocycles. The second kappa shape index (κ2) is 3.08. The molecule has 1 aromatic rings. The highest BCUT2D eigenvalue weighted by Crippen LogP contribution is 2.21. The summed E-state index contributed by atoms with van der Waals surface area (Å²) in [4.78, 5) is 0. The van der Waals surface area contributed by atoms with Crippen molar-refractivity contribution in [2.45, 2.75) is 0 Å². The van der Waals surface area contributed by atoms with E-state index in [0.717, 1.165) is 3.57 Å². The Morgan fingerprint density at radius 1 is 1.22 bits per heavy atom. The monoisotopic (exact) mass is 272 g/mol. The summed E-state index contributed by atoms with van der Waals surface area (Å²) in [5, 5.41) is 1.39. The Morgan fingerprint density at radius 2 is 1.89 bits per heavy atom. The van der Waals surface area contributed by atoms with Crippen molar-refractivity contribution in [2.75, 3.05) is 0 Å². The Bertz CT molecular complexity index is 222. The summed E-state index contributed by atoms with van der Waals surface area (Å²) in [6, 6.07) is 5.42. The van der Waals surface area contributed by atoms with Crippen LogP contribution in [0.15, 0.2) is 18.2 Å². The first-order valence-corrected chi connectivity index (χ1v) is 4.14. The van der Waals surface area contributed by atoms with Crippen molar-refractivity contribution in [3.05, 3.63) is 31.8 Å². The van der Waals surface area contributed by atoms with Crippen LogP contribution in [-0.4, -0.2) is 0 Å². The van der Waals surface area contributed by atoms with Gasteiger partial charge in [-0.2, -0.15) is 0 Å². The zero-order chi connectivity index (χ0) is 6.85. The van der Waals surface area contributed by atoms with Crippen LogP contribution in [-0.2, 0) is 0 Å². The number of rotatable bonds is 0. The third-order valence-corrected chi connectivity index (χ3v) is 2.69. The van der Waals surface area contributed by atoms with Crippen molar-refractivity contribution >= 4 is 45.8 Å². The van der Waals surface area contributed by atoms with Gasteiger partial charge in [0.25, 0.3) is 0 Å². The van der Waals surface area contributed by atoms with Gasteiger partial charge in [0.2, 0.25) is 0 Å². The molecule has 48 valence electrons. The number of halogens is 3. The molecule has 9 heavy (non-hydrogen) atoms. The molecule has 0 bridgehead atoms. The first-order valence-electron chi connectivity index (χ1n) is 2.30. The quantitative estimate of drug-likeness (QED) is 0.500. The number of benzene rings is 1. The Kier molecular flexibility index (Phi) is 2.61. The molecule has 1 rings (SSSR count). The van der Waals surface area contributed by atoms with Crippen LogP contribution in [0.2, 0.25) is 10.0 Å².